The van der Waals surface area contributed by atoms with E-state index in [1.165, 1.54) is 0 Å². The number of aromatic nitrogens is 2. The van der Waals surface area contributed by atoms with Crippen molar-refractivity contribution in [2.24, 2.45) is 0 Å². The monoisotopic (exact) mass is 192 g/mol. The first-order valence-corrected chi connectivity index (χ1v) is 4.76. The second-order valence-electron chi connectivity index (χ2n) is 3.32. The Kier molecular flexibility index (Phi) is 1.78. The fraction of sp³-hybridized carbons (Fsp3) is 0. The van der Waals surface area contributed by atoms with Gasteiger partial charge in [0.25, 0.3) is 0 Å². The zero-order chi connectivity index (χ0) is 10.1. The summed E-state index contributed by atoms with van der Waals surface area (Å²) in [5.41, 5.74) is 3.07. The normalized spacial score (nSPS) is 10.7. The van der Waals surface area contributed by atoms with Crippen molar-refractivity contribution in [1.82, 2.24) is 9.97 Å². The van der Waals surface area contributed by atoms with Crippen LogP contribution in [0.15, 0.2) is 42.5 Å². The number of H-pyrrole nitrogens is 1. The molecule has 0 unspecified atom stereocenters. The zero-order valence-electron chi connectivity index (χ0n) is 7.99. The van der Waals surface area contributed by atoms with Gasteiger partial charge in [0, 0.05) is 5.56 Å². The molecule has 0 saturated carbocycles. The molecule has 1 heterocycles. The first-order valence-electron chi connectivity index (χ1n) is 4.76. The maximum Gasteiger partial charge on any atom is 0.138 e. The van der Waals surface area contributed by atoms with Crippen molar-refractivity contribution in [1.29, 1.82) is 0 Å². The fourth-order valence-electron chi connectivity index (χ4n) is 1.58. The summed E-state index contributed by atoms with van der Waals surface area (Å²) in [7, 11) is 0. The quantitative estimate of drug-likeness (QED) is 0.631. The van der Waals surface area contributed by atoms with Crippen molar-refractivity contribution < 1.29 is 0 Å². The van der Waals surface area contributed by atoms with E-state index in [1.807, 2.05) is 42.5 Å². The van der Waals surface area contributed by atoms with Gasteiger partial charge in [0.15, 0.2) is 0 Å². The standard InChI is InChI=1S/C13H8N2/c1-2-6-10(7-3-1)13-14-11-8-4-5-9-12(11)15-13/h2,4-9H,(H,14,15). The number of benzene rings is 2. The number of para-hydroxylation sites is 2. The first kappa shape index (κ1) is 8.24. The van der Waals surface area contributed by atoms with E-state index in [1.54, 1.807) is 0 Å². The van der Waals surface area contributed by atoms with Crippen LogP contribution in [-0.2, 0) is 0 Å². The minimum Gasteiger partial charge on any atom is -0.338 e. The number of rotatable bonds is 1. The molecule has 0 amide bonds. The van der Waals surface area contributed by atoms with Gasteiger partial charge in [0.05, 0.1) is 11.0 Å². The Morgan fingerprint density at radius 3 is 2.80 bits per heavy atom. The van der Waals surface area contributed by atoms with E-state index in [2.05, 4.69) is 22.1 Å². The number of fused-ring (bicyclic) bond motifs is 1. The second-order valence-corrected chi connectivity index (χ2v) is 3.32. The summed E-state index contributed by atoms with van der Waals surface area (Å²) in [6, 6.07) is 19.5. The van der Waals surface area contributed by atoms with E-state index in [0.29, 0.717) is 0 Å². The SMILES string of the molecule is [c]1[c]cc(-c2nc3ccccc3[nH]2)cc1. The van der Waals surface area contributed by atoms with Gasteiger partial charge in [-0.3, -0.25) is 0 Å². The van der Waals surface area contributed by atoms with Crippen molar-refractivity contribution in [3.05, 3.63) is 54.6 Å². The smallest absolute Gasteiger partial charge is 0.138 e. The molecule has 2 heteroatoms. The third-order valence-electron chi connectivity index (χ3n) is 2.32. The highest BCUT2D eigenvalue weighted by atomic mass is 14.9. The molecule has 0 fully saturated rings. The molecule has 3 rings (SSSR count). The lowest BCUT2D eigenvalue weighted by atomic mass is 10.2. The van der Waals surface area contributed by atoms with Crippen molar-refractivity contribution in [2.75, 3.05) is 0 Å². The molecule has 2 radical (unpaired) electrons. The molecule has 3 aromatic rings. The van der Waals surface area contributed by atoms with Gasteiger partial charge in [0.2, 0.25) is 0 Å². The maximum absolute atomic E-state index is 4.49. The average molecular weight is 192 g/mol. The van der Waals surface area contributed by atoms with Crippen molar-refractivity contribution in [3.8, 4) is 11.4 Å². The fourth-order valence-corrected chi connectivity index (χ4v) is 1.58. The van der Waals surface area contributed by atoms with Crippen LogP contribution in [0.5, 0.6) is 0 Å². The molecular formula is C13H8N2. The average Bonchev–Trinajstić information content (AvgIpc) is 2.74. The minimum absolute atomic E-state index is 0.876. The van der Waals surface area contributed by atoms with Gasteiger partial charge in [-0.05, 0) is 30.3 Å². The van der Waals surface area contributed by atoms with E-state index in [4.69, 9.17) is 0 Å². The Morgan fingerprint density at radius 1 is 1.07 bits per heavy atom. The molecule has 0 aliphatic carbocycles. The molecule has 1 N–H and O–H groups in total. The molecule has 2 aromatic carbocycles. The number of nitrogens with one attached hydrogen (secondary N) is 1. The molecular weight excluding hydrogens is 184 g/mol. The van der Waals surface area contributed by atoms with Gasteiger partial charge >= 0.3 is 0 Å². The number of imidazole rings is 1. The van der Waals surface area contributed by atoms with Crippen molar-refractivity contribution in [2.45, 2.75) is 0 Å². The van der Waals surface area contributed by atoms with Crippen LogP contribution in [0.25, 0.3) is 22.4 Å². The molecule has 0 saturated heterocycles. The van der Waals surface area contributed by atoms with Gasteiger partial charge in [-0.15, -0.1) is 0 Å². The van der Waals surface area contributed by atoms with Crippen molar-refractivity contribution >= 4 is 11.0 Å². The lowest BCUT2D eigenvalue weighted by Gasteiger charge is -1.92. The van der Waals surface area contributed by atoms with Gasteiger partial charge in [-0.1, -0.05) is 24.3 Å². The van der Waals surface area contributed by atoms with Crippen LogP contribution in [-0.4, -0.2) is 9.97 Å². The zero-order valence-corrected chi connectivity index (χ0v) is 7.99. The van der Waals surface area contributed by atoms with Crippen LogP contribution in [0, 0.1) is 12.1 Å². The van der Waals surface area contributed by atoms with Crippen LogP contribution in [0.3, 0.4) is 0 Å². The van der Waals surface area contributed by atoms with E-state index >= 15 is 0 Å². The van der Waals surface area contributed by atoms with Gasteiger partial charge in [-0.25, -0.2) is 4.98 Å². The first-order chi connectivity index (χ1) is 7.43. The second kappa shape index (κ2) is 3.24. The summed E-state index contributed by atoms with van der Waals surface area (Å²) in [5.74, 6) is 0.876. The number of aromatic amines is 1. The third kappa shape index (κ3) is 1.40. The van der Waals surface area contributed by atoms with Gasteiger partial charge < -0.3 is 4.98 Å². The highest BCUT2D eigenvalue weighted by Gasteiger charge is 2.02. The number of hydrogen-bond donors (Lipinski definition) is 1. The molecule has 0 atom stereocenters. The Balaban J connectivity index is 2.21. The summed E-state index contributed by atoms with van der Waals surface area (Å²) in [5, 5.41) is 0. The molecule has 0 bridgehead atoms. The van der Waals surface area contributed by atoms with Crippen LogP contribution in [0.1, 0.15) is 0 Å². The maximum atomic E-state index is 4.49. The Labute approximate surface area is 87.6 Å². The Hall–Kier alpha value is -2.09. The van der Waals surface area contributed by atoms with Crippen LogP contribution >= 0.6 is 0 Å². The van der Waals surface area contributed by atoms with E-state index in [9.17, 15) is 0 Å². The van der Waals surface area contributed by atoms with Gasteiger partial charge in [0.1, 0.15) is 5.82 Å². The molecule has 70 valence electrons. The summed E-state index contributed by atoms with van der Waals surface area (Å²) in [4.78, 5) is 7.76. The number of nitrogens with zero attached hydrogens (tertiary/aromatic N) is 1. The van der Waals surface area contributed by atoms with Crippen molar-refractivity contribution in [3.63, 3.8) is 0 Å². The van der Waals surface area contributed by atoms with Crippen LogP contribution < -0.4 is 0 Å². The molecule has 0 aliphatic heterocycles. The van der Waals surface area contributed by atoms with E-state index in [-0.39, 0.29) is 0 Å². The van der Waals surface area contributed by atoms with Crippen LogP contribution in [0.2, 0.25) is 0 Å². The third-order valence-corrected chi connectivity index (χ3v) is 2.32. The number of hydrogen-bond acceptors (Lipinski definition) is 1. The predicted octanol–water partition coefficient (Wildman–Crippen LogP) is 2.83. The summed E-state index contributed by atoms with van der Waals surface area (Å²) in [6.45, 7) is 0. The summed E-state index contributed by atoms with van der Waals surface area (Å²) >= 11 is 0. The highest BCUT2D eigenvalue weighted by Crippen LogP contribution is 2.19. The van der Waals surface area contributed by atoms with Crippen LogP contribution in [0.4, 0.5) is 0 Å². The molecule has 15 heavy (non-hydrogen) atoms. The van der Waals surface area contributed by atoms with E-state index in [0.717, 1.165) is 22.4 Å². The highest BCUT2D eigenvalue weighted by molar-refractivity contribution is 5.79. The molecule has 1 aromatic heterocycles. The largest absolute Gasteiger partial charge is 0.338 e. The molecule has 2 nitrogen and oxygen atoms in total. The van der Waals surface area contributed by atoms with Gasteiger partial charge in [-0.2, -0.15) is 0 Å². The lowest BCUT2D eigenvalue weighted by Crippen LogP contribution is -1.78. The summed E-state index contributed by atoms with van der Waals surface area (Å²) in [6.07, 6.45) is 0. The molecule has 0 aliphatic rings. The Morgan fingerprint density at radius 2 is 2.00 bits per heavy atom. The molecule has 0 spiro atoms. The Bertz CT molecular complexity index is 549. The minimum atomic E-state index is 0.876. The van der Waals surface area contributed by atoms with E-state index < -0.39 is 0 Å². The lowest BCUT2D eigenvalue weighted by molar-refractivity contribution is 1.33. The topological polar surface area (TPSA) is 28.7 Å². The summed E-state index contributed by atoms with van der Waals surface area (Å²) < 4.78 is 0. The predicted molar refractivity (Wildman–Crippen MR) is 59.2 cm³/mol.